The first-order valence-corrected chi connectivity index (χ1v) is 9.44. The highest BCUT2D eigenvalue weighted by atomic mass is 16.5. The van der Waals surface area contributed by atoms with E-state index in [1.54, 1.807) is 11.8 Å². The Morgan fingerprint density at radius 1 is 0.962 bits per heavy atom. The molecule has 6 nitrogen and oxygen atoms in total. The van der Waals surface area contributed by atoms with E-state index >= 15 is 0 Å². The van der Waals surface area contributed by atoms with E-state index in [1.807, 2.05) is 30.3 Å². The van der Waals surface area contributed by atoms with E-state index in [0.717, 1.165) is 26.1 Å². The zero-order valence-corrected chi connectivity index (χ0v) is 16.3. The maximum Gasteiger partial charge on any atom is 0.307 e. The van der Waals surface area contributed by atoms with E-state index in [0.29, 0.717) is 25.4 Å². The molecule has 0 aliphatic rings. The Hall–Kier alpha value is -2.08. The Labute approximate surface area is 157 Å². The third-order valence-corrected chi connectivity index (χ3v) is 4.15. The van der Waals surface area contributed by atoms with Crippen LogP contribution in [0.2, 0.25) is 0 Å². The van der Waals surface area contributed by atoms with Crippen molar-refractivity contribution in [1.29, 1.82) is 0 Å². The van der Waals surface area contributed by atoms with Crippen molar-refractivity contribution < 1.29 is 19.1 Å². The average Bonchev–Trinajstić information content (AvgIpc) is 2.66. The van der Waals surface area contributed by atoms with Crippen molar-refractivity contribution in [2.24, 2.45) is 0 Å². The molecule has 0 aliphatic heterocycles. The number of esters is 1. The van der Waals surface area contributed by atoms with E-state index < -0.39 is 0 Å². The molecule has 0 aromatic heterocycles. The minimum absolute atomic E-state index is 0.0297. The zero-order valence-electron chi connectivity index (χ0n) is 16.3. The third kappa shape index (κ3) is 8.85. The normalized spacial score (nSPS) is 10.6. The molecule has 0 saturated heterocycles. The van der Waals surface area contributed by atoms with Crippen LogP contribution in [0.15, 0.2) is 30.3 Å². The molecule has 6 heteroatoms. The summed E-state index contributed by atoms with van der Waals surface area (Å²) in [6.45, 7) is 10.2. The second kappa shape index (κ2) is 13.2. The molecule has 1 amide bonds. The Bertz CT molecular complexity index is 518. The second-order valence-electron chi connectivity index (χ2n) is 5.92. The van der Waals surface area contributed by atoms with Crippen molar-refractivity contribution in [2.75, 3.05) is 45.9 Å². The number of nitrogens with zero attached hydrogens (tertiary/aromatic N) is 2. The molecule has 0 aliphatic carbocycles. The molecule has 0 spiro atoms. The lowest BCUT2D eigenvalue weighted by Gasteiger charge is -2.24. The highest BCUT2D eigenvalue weighted by Crippen LogP contribution is 2.09. The number of hydrogen-bond acceptors (Lipinski definition) is 5. The highest BCUT2D eigenvalue weighted by molar-refractivity contribution is 5.78. The van der Waals surface area contributed by atoms with Crippen LogP contribution in [0.4, 0.5) is 0 Å². The number of ether oxygens (including phenoxy) is 2. The van der Waals surface area contributed by atoms with Gasteiger partial charge < -0.3 is 19.3 Å². The van der Waals surface area contributed by atoms with Gasteiger partial charge in [-0.25, -0.2) is 0 Å². The van der Waals surface area contributed by atoms with E-state index in [1.165, 1.54) is 0 Å². The molecule has 0 N–H and O–H groups in total. The van der Waals surface area contributed by atoms with Crippen LogP contribution in [0.3, 0.4) is 0 Å². The summed E-state index contributed by atoms with van der Waals surface area (Å²) in [6.07, 6.45) is 1.07. The van der Waals surface area contributed by atoms with Crippen LogP contribution in [-0.2, 0) is 14.3 Å². The molecule has 1 aromatic rings. The molecular weight excluding hydrogens is 332 g/mol. The van der Waals surface area contributed by atoms with Gasteiger partial charge in [0.05, 0.1) is 13.0 Å². The number of hydrogen-bond donors (Lipinski definition) is 0. The lowest BCUT2D eigenvalue weighted by Crippen LogP contribution is -2.38. The fourth-order valence-electron chi connectivity index (χ4n) is 2.60. The standard InChI is InChI=1S/C20H32N2O4/c1-4-21(5-2)14-10-15-22(16-13-20(24)25-6-3)19(23)17-26-18-11-8-7-9-12-18/h7-9,11-12H,4-6,10,13-17H2,1-3H3. The Morgan fingerprint density at radius 2 is 1.65 bits per heavy atom. The molecule has 0 radical (unpaired) electrons. The van der Waals surface area contributed by atoms with Crippen molar-refractivity contribution in [3.8, 4) is 5.75 Å². The summed E-state index contributed by atoms with van der Waals surface area (Å²) in [7, 11) is 0. The summed E-state index contributed by atoms with van der Waals surface area (Å²) in [5.41, 5.74) is 0. The Kier molecular flexibility index (Phi) is 11.1. The molecule has 0 fully saturated rings. The highest BCUT2D eigenvalue weighted by Gasteiger charge is 2.16. The van der Waals surface area contributed by atoms with Gasteiger partial charge in [-0.2, -0.15) is 0 Å². The molecule has 1 aromatic carbocycles. The molecule has 0 saturated carbocycles. The lowest BCUT2D eigenvalue weighted by atomic mass is 10.3. The number of carbonyl (C=O) groups excluding carboxylic acids is 2. The van der Waals surface area contributed by atoms with Gasteiger partial charge in [-0.3, -0.25) is 9.59 Å². The second-order valence-corrected chi connectivity index (χ2v) is 5.92. The molecule has 26 heavy (non-hydrogen) atoms. The predicted octanol–water partition coefficient (Wildman–Crippen LogP) is 2.58. The average molecular weight is 364 g/mol. The quantitative estimate of drug-likeness (QED) is 0.504. The van der Waals surface area contributed by atoms with E-state index in [4.69, 9.17) is 9.47 Å². The maximum absolute atomic E-state index is 12.5. The van der Waals surface area contributed by atoms with E-state index in [-0.39, 0.29) is 24.9 Å². The fourth-order valence-corrected chi connectivity index (χ4v) is 2.60. The Morgan fingerprint density at radius 3 is 2.27 bits per heavy atom. The number of amides is 1. The van der Waals surface area contributed by atoms with Gasteiger partial charge in [0, 0.05) is 13.1 Å². The maximum atomic E-state index is 12.5. The largest absolute Gasteiger partial charge is 0.484 e. The summed E-state index contributed by atoms with van der Waals surface area (Å²) in [5.74, 6) is 0.269. The van der Waals surface area contributed by atoms with Crippen LogP contribution < -0.4 is 4.74 Å². The van der Waals surface area contributed by atoms with Crippen LogP contribution in [-0.4, -0.2) is 67.6 Å². The summed E-state index contributed by atoms with van der Waals surface area (Å²) >= 11 is 0. The van der Waals surface area contributed by atoms with Crippen molar-refractivity contribution in [3.05, 3.63) is 30.3 Å². The minimum Gasteiger partial charge on any atom is -0.484 e. The SMILES string of the molecule is CCOC(=O)CCN(CCCN(CC)CC)C(=O)COc1ccccc1. The molecule has 0 heterocycles. The van der Waals surface area contributed by atoms with E-state index in [9.17, 15) is 9.59 Å². The molecule has 1 rings (SSSR count). The van der Waals surface area contributed by atoms with Crippen LogP contribution in [0.25, 0.3) is 0 Å². The van der Waals surface area contributed by atoms with Gasteiger partial charge >= 0.3 is 5.97 Å². The summed E-state index contributed by atoms with van der Waals surface area (Å²) in [4.78, 5) is 28.2. The molecular formula is C20H32N2O4. The van der Waals surface area contributed by atoms with Crippen molar-refractivity contribution in [3.63, 3.8) is 0 Å². The van der Waals surface area contributed by atoms with Gasteiger partial charge in [-0.1, -0.05) is 32.0 Å². The third-order valence-electron chi connectivity index (χ3n) is 4.15. The molecule has 146 valence electrons. The van der Waals surface area contributed by atoms with Gasteiger partial charge in [0.25, 0.3) is 5.91 Å². The van der Waals surface area contributed by atoms with Crippen LogP contribution in [0.5, 0.6) is 5.75 Å². The first kappa shape index (κ1) is 22.0. The summed E-state index contributed by atoms with van der Waals surface area (Å²) in [6, 6.07) is 9.26. The zero-order chi connectivity index (χ0) is 19.2. The first-order chi connectivity index (χ1) is 12.6. The van der Waals surface area contributed by atoms with E-state index in [2.05, 4.69) is 18.7 Å². The van der Waals surface area contributed by atoms with Crippen LogP contribution in [0, 0.1) is 0 Å². The predicted molar refractivity (Wildman–Crippen MR) is 102 cm³/mol. The van der Waals surface area contributed by atoms with Crippen molar-refractivity contribution in [1.82, 2.24) is 9.80 Å². The molecule has 0 unspecified atom stereocenters. The summed E-state index contributed by atoms with van der Waals surface area (Å²) < 4.78 is 10.5. The number of rotatable bonds is 13. The number of carbonyl (C=O) groups is 2. The van der Waals surface area contributed by atoms with Gasteiger partial charge in [0.15, 0.2) is 6.61 Å². The number of para-hydroxylation sites is 1. The van der Waals surface area contributed by atoms with Crippen molar-refractivity contribution >= 4 is 11.9 Å². The smallest absolute Gasteiger partial charge is 0.307 e. The fraction of sp³-hybridized carbons (Fsp3) is 0.600. The topological polar surface area (TPSA) is 59.1 Å². The van der Waals surface area contributed by atoms with Gasteiger partial charge in [0.1, 0.15) is 5.75 Å². The van der Waals surface area contributed by atoms with Gasteiger partial charge in [-0.15, -0.1) is 0 Å². The summed E-state index contributed by atoms with van der Waals surface area (Å²) in [5, 5.41) is 0. The lowest BCUT2D eigenvalue weighted by molar-refractivity contribution is -0.144. The monoisotopic (exact) mass is 364 g/mol. The van der Waals surface area contributed by atoms with Gasteiger partial charge in [-0.05, 0) is 45.1 Å². The Balaban J connectivity index is 2.53. The molecule has 0 bridgehead atoms. The van der Waals surface area contributed by atoms with Gasteiger partial charge in [0.2, 0.25) is 0 Å². The van der Waals surface area contributed by atoms with Crippen LogP contribution in [0.1, 0.15) is 33.6 Å². The minimum atomic E-state index is -0.280. The molecule has 0 atom stereocenters. The van der Waals surface area contributed by atoms with Crippen LogP contribution >= 0.6 is 0 Å². The van der Waals surface area contributed by atoms with Crippen molar-refractivity contribution in [2.45, 2.75) is 33.6 Å². The number of benzene rings is 1. The first-order valence-electron chi connectivity index (χ1n) is 9.44.